The number of aryl methyl sites for hydroxylation is 1. The highest BCUT2D eigenvalue weighted by atomic mass is 15.1. The first-order chi connectivity index (χ1) is 7.75. The van der Waals surface area contributed by atoms with Crippen molar-refractivity contribution in [2.45, 2.75) is 26.2 Å². The molecule has 0 N–H and O–H groups in total. The van der Waals surface area contributed by atoms with Crippen molar-refractivity contribution in [3.05, 3.63) is 42.0 Å². The molecule has 0 bridgehead atoms. The number of piperidine rings is 1. The van der Waals surface area contributed by atoms with Gasteiger partial charge in [0.15, 0.2) is 0 Å². The van der Waals surface area contributed by atoms with Gasteiger partial charge in [-0.25, -0.2) is 0 Å². The molecule has 1 fully saturated rings. The van der Waals surface area contributed by atoms with Gasteiger partial charge in [-0.2, -0.15) is 0 Å². The van der Waals surface area contributed by atoms with Gasteiger partial charge in [0, 0.05) is 6.54 Å². The number of benzene rings is 1. The Labute approximate surface area is 98.8 Å². The van der Waals surface area contributed by atoms with E-state index in [0.29, 0.717) is 0 Å². The highest BCUT2D eigenvalue weighted by molar-refractivity contribution is 5.64. The molecule has 0 unspecified atom stereocenters. The van der Waals surface area contributed by atoms with Crippen molar-refractivity contribution in [1.82, 2.24) is 4.90 Å². The van der Waals surface area contributed by atoms with Gasteiger partial charge in [-0.15, -0.1) is 0 Å². The van der Waals surface area contributed by atoms with Crippen LogP contribution in [0.15, 0.2) is 30.8 Å². The van der Waals surface area contributed by atoms with Crippen LogP contribution in [0.25, 0.3) is 5.57 Å². The average molecular weight is 215 g/mol. The van der Waals surface area contributed by atoms with Gasteiger partial charge in [0.2, 0.25) is 0 Å². The Morgan fingerprint density at radius 3 is 2.38 bits per heavy atom. The Morgan fingerprint density at radius 2 is 1.75 bits per heavy atom. The average Bonchev–Trinajstić information content (AvgIpc) is 2.31. The predicted molar refractivity (Wildman–Crippen MR) is 70.5 cm³/mol. The standard InChI is InChI=1S/C15H21N/c1-13-6-8-15(9-7-13)14(2)12-16-10-4-3-5-11-16/h6-9H,2-5,10-12H2,1H3. The molecule has 1 heterocycles. The minimum atomic E-state index is 1.03. The molecule has 16 heavy (non-hydrogen) atoms. The molecule has 2 rings (SSSR count). The molecule has 1 saturated heterocycles. The van der Waals surface area contributed by atoms with E-state index < -0.39 is 0 Å². The van der Waals surface area contributed by atoms with Gasteiger partial charge < -0.3 is 0 Å². The Balaban J connectivity index is 1.94. The summed E-state index contributed by atoms with van der Waals surface area (Å²) in [6, 6.07) is 8.69. The third-order valence-corrected chi connectivity index (χ3v) is 3.32. The van der Waals surface area contributed by atoms with Crippen LogP contribution in [0.1, 0.15) is 30.4 Å². The minimum absolute atomic E-state index is 1.03. The lowest BCUT2D eigenvalue weighted by Crippen LogP contribution is -2.30. The molecule has 86 valence electrons. The van der Waals surface area contributed by atoms with E-state index in [2.05, 4.69) is 42.7 Å². The van der Waals surface area contributed by atoms with E-state index in [1.165, 1.54) is 49.1 Å². The smallest absolute Gasteiger partial charge is 0.0233 e. The highest BCUT2D eigenvalue weighted by Gasteiger charge is 2.11. The second-order valence-electron chi connectivity index (χ2n) is 4.81. The summed E-state index contributed by atoms with van der Waals surface area (Å²) >= 11 is 0. The lowest BCUT2D eigenvalue weighted by atomic mass is 10.0. The number of likely N-dealkylation sites (tertiary alicyclic amines) is 1. The quantitative estimate of drug-likeness (QED) is 0.746. The first-order valence-corrected chi connectivity index (χ1v) is 6.23. The molecule has 1 heteroatoms. The SMILES string of the molecule is C=C(CN1CCCCC1)c1ccc(C)cc1. The number of nitrogens with zero attached hydrogens (tertiary/aromatic N) is 1. The first kappa shape index (κ1) is 11.4. The van der Waals surface area contributed by atoms with Crippen molar-refractivity contribution in [3.63, 3.8) is 0 Å². The van der Waals surface area contributed by atoms with E-state index in [4.69, 9.17) is 0 Å². The van der Waals surface area contributed by atoms with E-state index in [0.717, 1.165) is 6.54 Å². The molecule has 1 aromatic rings. The molecule has 0 saturated carbocycles. The van der Waals surface area contributed by atoms with E-state index in [-0.39, 0.29) is 0 Å². The molecule has 0 radical (unpaired) electrons. The van der Waals surface area contributed by atoms with Crippen LogP contribution in [0, 0.1) is 6.92 Å². The maximum atomic E-state index is 4.21. The molecule has 1 aliphatic rings. The summed E-state index contributed by atoms with van der Waals surface area (Å²) in [5, 5.41) is 0. The van der Waals surface area contributed by atoms with Crippen molar-refractivity contribution in [1.29, 1.82) is 0 Å². The van der Waals surface area contributed by atoms with E-state index >= 15 is 0 Å². The normalized spacial score (nSPS) is 17.3. The van der Waals surface area contributed by atoms with Crippen LogP contribution in [0.4, 0.5) is 0 Å². The van der Waals surface area contributed by atoms with Crippen LogP contribution in [-0.2, 0) is 0 Å². The van der Waals surface area contributed by atoms with Crippen molar-refractivity contribution in [3.8, 4) is 0 Å². The maximum Gasteiger partial charge on any atom is 0.0233 e. The fourth-order valence-corrected chi connectivity index (χ4v) is 2.27. The summed E-state index contributed by atoms with van der Waals surface area (Å²) in [5.74, 6) is 0. The van der Waals surface area contributed by atoms with Crippen molar-refractivity contribution in [2.24, 2.45) is 0 Å². The number of hydrogen-bond acceptors (Lipinski definition) is 1. The summed E-state index contributed by atoms with van der Waals surface area (Å²) in [4.78, 5) is 2.52. The summed E-state index contributed by atoms with van der Waals surface area (Å²) in [5.41, 5.74) is 3.85. The zero-order valence-electron chi connectivity index (χ0n) is 10.2. The van der Waals surface area contributed by atoms with Crippen molar-refractivity contribution in [2.75, 3.05) is 19.6 Å². The van der Waals surface area contributed by atoms with Gasteiger partial charge in [0.25, 0.3) is 0 Å². The van der Waals surface area contributed by atoms with Crippen molar-refractivity contribution >= 4 is 5.57 Å². The van der Waals surface area contributed by atoms with Gasteiger partial charge in [-0.05, 0) is 44.0 Å². The fourth-order valence-electron chi connectivity index (χ4n) is 2.27. The number of hydrogen-bond donors (Lipinski definition) is 0. The Bertz CT molecular complexity index is 344. The lowest BCUT2D eigenvalue weighted by Gasteiger charge is -2.27. The zero-order chi connectivity index (χ0) is 11.4. The molecule has 1 aromatic carbocycles. The topological polar surface area (TPSA) is 3.24 Å². The van der Waals surface area contributed by atoms with Gasteiger partial charge in [-0.3, -0.25) is 4.90 Å². The first-order valence-electron chi connectivity index (χ1n) is 6.23. The van der Waals surface area contributed by atoms with Crippen LogP contribution in [-0.4, -0.2) is 24.5 Å². The summed E-state index contributed by atoms with van der Waals surface area (Å²) in [7, 11) is 0. The van der Waals surface area contributed by atoms with Gasteiger partial charge >= 0.3 is 0 Å². The van der Waals surface area contributed by atoms with Crippen LogP contribution in [0.2, 0.25) is 0 Å². The molecule has 0 atom stereocenters. The van der Waals surface area contributed by atoms with Crippen LogP contribution < -0.4 is 0 Å². The Morgan fingerprint density at radius 1 is 1.12 bits per heavy atom. The third kappa shape index (κ3) is 2.96. The van der Waals surface area contributed by atoms with Crippen LogP contribution in [0.5, 0.6) is 0 Å². The van der Waals surface area contributed by atoms with Crippen molar-refractivity contribution < 1.29 is 0 Å². The van der Waals surface area contributed by atoms with Gasteiger partial charge in [0.05, 0.1) is 0 Å². The van der Waals surface area contributed by atoms with E-state index in [1.54, 1.807) is 0 Å². The molecule has 0 aliphatic carbocycles. The summed E-state index contributed by atoms with van der Waals surface area (Å²) in [6.45, 7) is 9.84. The summed E-state index contributed by atoms with van der Waals surface area (Å²) < 4.78 is 0. The second kappa shape index (κ2) is 5.31. The van der Waals surface area contributed by atoms with Crippen LogP contribution in [0.3, 0.4) is 0 Å². The van der Waals surface area contributed by atoms with E-state index in [1.807, 2.05) is 0 Å². The largest absolute Gasteiger partial charge is 0.299 e. The summed E-state index contributed by atoms with van der Waals surface area (Å²) in [6.07, 6.45) is 4.09. The monoisotopic (exact) mass is 215 g/mol. The zero-order valence-corrected chi connectivity index (χ0v) is 10.2. The highest BCUT2D eigenvalue weighted by Crippen LogP contribution is 2.17. The third-order valence-electron chi connectivity index (χ3n) is 3.32. The minimum Gasteiger partial charge on any atom is -0.299 e. The lowest BCUT2D eigenvalue weighted by molar-refractivity contribution is 0.255. The molecular formula is C15H21N. The van der Waals surface area contributed by atoms with E-state index in [9.17, 15) is 0 Å². The fraction of sp³-hybridized carbons (Fsp3) is 0.467. The molecular weight excluding hydrogens is 194 g/mol. The second-order valence-corrected chi connectivity index (χ2v) is 4.81. The Hall–Kier alpha value is -1.08. The molecule has 1 aliphatic heterocycles. The van der Waals surface area contributed by atoms with Gasteiger partial charge in [-0.1, -0.05) is 42.8 Å². The van der Waals surface area contributed by atoms with Gasteiger partial charge in [0.1, 0.15) is 0 Å². The molecule has 0 amide bonds. The number of rotatable bonds is 3. The maximum absolute atomic E-state index is 4.21. The van der Waals surface area contributed by atoms with Crippen LogP contribution >= 0.6 is 0 Å². The molecule has 1 nitrogen and oxygen atoms in total. The predicted octanol–water partition coefficient (Wildman–Crippen LogP) is 3.49. The molecule has 0 aromatic heterocycles. The Kier molecular flexibility index (Phi) is 3.79. The molecule has 0 spiro atoms.